The van der Waals surface area contributed by atoms with Crippen molar-refractivity contribution in [3.05, 3.63) is 65.2 Å². The fraction of sp³-hybridized carbons (Fsp3) is 0.423. The van der Waals surface area contributed by atoms with Crippen LogP contribution in [0.5, 0.6) is 0 Å². The molecule has 2 heterocycles. The van der Waals surface area contributed by atoms with Crippen molar-refractivity contribution < 1.29 is 14.4 Å². The van der Waals surface area contributed by atoms with Gasteiger partial charge in [-0.3, -0.25) is 19.3 Å². The van der Waals surface area contributed by atoms with Crippen molar-refractivity contribution in [1.29, 1.82) is 0 Å². The van der Waals surface area contributed by atoms with Crippen molar-refractivity contribution in [2.45, 2.75) is 38.5 Å². The van der Waals surface area contributed by atoms with Crippen LogP contribution >= 0.6 is 0 Å². The van der Waals surface area contributed by atoms with Gasteiger partial charge in [0.05, 0.1) is 0 Å². The van der Waals surface area contributed by atoms with Crippen LogP contribution < -0.4 is 5.32 Å². The summed E-state index contributed by atoms with van der Waals surface area (Å²) in [5.74, 6) is 0.335. The van der Waals surface area contributed by atoms with Crippen LogP contribution in [0.25, 0.3) is 0 Å². The number of hydrogen-bond acceptors (Lipinski definition) is 4. The van der Waals surface area contributed by atoms with E-state index in [4.69, 9.17) is 0 Å². The van der Waals surface area contributed by atoms with Gasteiger partial charge >= 0.3 is 0 Å². The Labute approximate surface area is 189 Å². The maximum atomic E-state index is 12.9. The van der Waals surface area contributed by atoms with E-state index in [1.807, 2.05) is 53.4 Å². The number of fused-ring (bicyclic) bond motifs is 1. The zero-order chi connectivity index (χ0) is 22.3. The lowest BCUT2D eigenvalue weighted by atomic mass is 10.00. The number of rotatable bonds is 8. The number of nitrogens with zero attached hydrogens (tertiary/aromatic N) is 2. The van der Waals surface area contributed by atoms with Gasteiger partial charge in [0.1, 0.15) is 0 Å². The molecule has 168 valence electrons. The van der Waals surface area contributed by atoms with Crippen molar-refractivity contribution >= 4 is 23.3 Å². The molecule has 0 aromatic heterocycles. The minimum Gasteiger partial charge on any atom is -0.336 e. The van der Waals surface area contributed by atoms with E-state index in [1.54, 1.807) is 0 Å². The molecule has 6 nitrogen and oxygen atoms in total. The number of aryl methyl sites for hydroxylation is 1. The highest BCUT2D eigenvalue weighted by Gasteiger charge is 2.23. The SMILES string of the molecule is O=C1CCc2cc(C(=O)N3CCN(CCCCCC(=O)c4ccccc4)CC3)ccc2N1. The highest BCUT2D eigenvalue weighted by Crippen LogP contribution is 2.24. The van der Waals surface area contributed by atoms with Crippen LogP contribution in [0.3, 0.4) is 0 Å². The van der Waals surface area contributed by atoms with Crippen molar-refractivity contribution in [3.63, 3.8) is 0 Å². The van der Waals surface area contributed by atoms with E-state index in [2.05, 4.69) is 10.2 Å². The molecule has 1 saturated heterocycles. The lowest BCUT2D eigenvalue weighted by Crippen LogP contribution is -2.48. The number of unbranched alkanes of at least 4 members (excludes halogenated alkanes) is 2. The second kappa shape index (κ2) is 10.6. The molecule has 0 saturated carbocycles. The van der Waals surface area contributed by atoms with E-state index in [1.165, 1.54) is 0 Å². The summed E-state index contributed by atoms with van der Waals surface area (Å²) in [6.07, 6.45) is 4.81. The lowest BCUT2D eigenvalue weighted by molar-refractivity contribution is -0.116. The minimum atomic E-state index is 0.0375. The van der Waals surface area contributed by atoms with Crippen LogP contribution in [0.4, 0.5) is 5.69 Å². The van der Waals surface area contributed by atoms with Crippen LogP contribution in [0.2, 0.25) is 0 Å². The van der Waals surface area contributed by atoms with Gasteiger partial charge in [0, 0.05) is 55.8 Å². The quantitative estimate of drug-likeness (QED) is 0.508. The summed E-state index contributed by atoms with van der Waals surface area (Å²) in [6, 6.07) is 15.1. The summed E-state index contributed by atoms with van der Waals surface area (Å²) >= 11 is 0. The first-order chi connectivity index (χ1) is 15.6. The zero-order valence-corrected chi connectivity index (χ0v) is 18.5. The Hall–Kier alpha value is -2.99. The Morgan fingerprint density at radius 2 is 1.62 bits per heavy atom. The van der Waals surface area contributed by atoms with E-state index >= 15 is 0 Å². The molecule has 0 aliphatic carbocycles. The van der Waals surface area contributed by atoms with Crippen LogP contribution in [0.15, 0.2) is 48.5 Å². The van der Waals surface area contributed by atoms with Gasteiger partial charge in [-0.2, -0.15) is 0 Å². The van der Waals surface area contributed by atoms with Gasteiger partial charge in [-0.15, -0.1) is 0 Å². The monoisotopic (exact) mass is 433 g/mol. The number of anilines is 1. The third kappa shape index (κ3) is 5.62. The summed E-state index contributed by atoms with van der Waals surface area (Å²) in [7, 11) is 0. The van der Waals surface area contributed by atoms with E-state index in [0.29, 0.717) is 24.8 Å². The molecule has 0 radical (unpaired) electrons. The normalized spacial score (nSPS) is 16.4. The summed E-state index contributed by atoms with van der Waals surface area (Å²) in [6.45, 7) is 4.25. The molecule has 2 aliphatic rings. The fourth-order valence-electron chi connectivity index (χ4n) is 4.44. The number of amides is 2. The van der Waals surface area contributed by atoms with Gasteiger partial charge in [-0.1, -0.05) is 36.8 Å². The molecule has 1 fully saturated rings. The van der Waals surface area contributed by atoms with Gasteiger partial charge < -0.3 is 10.2 Å². The van der Waals surface area contributed by atoms with Crippen molar-refractivity contribution in [3.8, 4) is 0 Å². The fourth-order valence-corrected chi connectivity index (χ4v) is 4.44. The predicted octanol–water partition coefficient (Wildman–Crippen LogP) is 3.77. The standard InChI is InChI=1S/C26H31N3O3/c30-24(20-7-3-1-4-8-20)9-5-2-6-14-28-15-17-29(18-16-28)26(32)22-10-12-23-21(19-22)11-13-25(31)27-23/h1,3-4,7-8,10,12,19H,2,5-6,9,11,13-18H2,(H,27,31). The zero-order valence-electron chi connectivity index (χ0n) is 18.5. The Morgan fingerprint density at radius 3 is 2.41 bits per heavy atom. The topological polar surface area (TPSA) is 69.7 Å². The molecule has 1 N–H and O–H groups in total. The van der Waals surface area contributed by atoms with E-state index in [0.717, 1.165) is 68.8 Å². The third-order valence-electron chi connectivity index (χ3n) is 6.38. The van der Waals surface area contributed by atoms with Crippen LogP contribution in [-0.4, -0.2) is 60.1 Å². The number of nitrogens with one attached hydrogen (secondary N) is 1. The molecule has 2 aromatic carbocycles. The Balaban J connectivity index is 1.16. The van der Waals surface area contributed by atoms with Gasteiger partial charge in [-0.05, 0) is 49.6 Å². The maximum Gasteiger partial charge on any atom is 0.253 e. The predicted molar refractivity (Wildman–Crippen MR) is 125 cm³/mol. The number of Topliss-reactive ketones (excluding diaryl/α,β-unsaturated/α-hetero) is 1. The Morgan fingerprint density at radius 1 is 0.844 bits per heavy atom. The molecular weight excluding hydrogens is 402 g/mol. The van der Waals surface area contributed by atoms with E-state index in [9.17, 15) is 14.4 Å². The summed E-state index contributed by atoms with van der Waals surface area (Å²) in [4.78, 5) is 40.9. The molecular formula is C26H31N3O3. The first-order valence-electron chi connectivity index (χ1n) is 11.6. The smallest absolute Gasteiger partial charge is 0.253 e. The van der Waals surface area contributed by atoms with E-state index in [-0.39, 0.29) is 17.6 Å². The van der Waals surface area contributed by atoms with Gasteiger partial charge in [0.25, 0.3) is 5.91 Å². The van der Waals surface area contributed by atoms with E-state index < -0.39 is 0 Å². The van der Waals surface area contributed by atoms with Crippen molar-refractivity contribution in [1.82, 2.24) is 9.80 Å². The first kappa shape index (κ1) is 22.2. The van der Waals surface area contributed by atoms with Gasteiger partial charge in [0.15, 0.2) is 5.78 Å². The molecule has 32 heavy (non-hydrogen) atoms. The molecule has 2 amide bonds. The molecule has 2 aromatic rings. The first-order valence-corrected chi connectivity index (χ1v) is 11.6. The molecule has 4 rings (SSSR count). The number of hydrogen-bond donors (Lipinski definition) is 1. The summed E-state index contributed by atoms with van der Waals surface area (Å²) < 4.78 is 0. The van der Waals surface area contributed by atoms with Crippen molar-refractivity contribution in [2.24, 2.45) is 0 Å². The van der Waals surface area contributed by atoms with Crippen molar-refractivity contribution in [2.75, 3.05) is 38.0 Å². The Bertz CT molecular complexity index is 966. The second-order valence-electron chi connectivity index (χ2n) is 8.65. The highest BCUT2D eigenvalue weighted by molar-refractivity contribution is 5.98. The molecule has 6 heteroatoms. The van der Waals surface area contributed by atoms with Gasteiger partial charge in [0.2, 0.25) is 5.91 Å². The summed E-state index contributed by atoms with van der Waals surface area (Å²) in [5, 5.41) is 2.87. The van der Waals surface area contributed by atoms with Crippen LogP contribution in [-0.2, 0) is 11.2 Å². The molecule has 0 spiro atoms. The number of ketones is 1. The minimum absolute atomic E-state index is 0.0375. The number of piperazine rings is 1. The lowest BCUT2D eigenvalue weighted by Gasteiger charge is -2.35. The van der Waals surface area contributed by atoms with Crippen LogP contribution in [0, 0.1) is 0 Å². The van der Waals surface area contributed by atoms with Gasteiger partial charge in [-0.25, -0.2) is 0 Å². The maximum absolute atomic E-state index is 12.9. The van der Waals surface area contributed by atoms with Crippen LogP contribution in [0.1, 0.15) is 58.4 Å². The molecule has 2 aliphatic heterocycles. The molecule has 0 bridgehead atoms. The third-order valence-corrected chi connectivity index (χ3v) is 6.38. The second-order valence-corrected chi connectivity index (χ2v) is 8.65. The molecule has 0 atom stereocenters. The number of carbonyl (C=O) groups excluding carboxylic acids is 3. The number of benzene rings is 2. The largest absolute Gasteiger partial charge is 0.336 e. The Kier molecular flexibility index (Phi) is 7.32. The summed E-state index contributed by atoms with van der Waals surface area (Å²) in [5.41, 5.74) is 3.38. The average Bonchev–Trinajstić information content (AvgIpc) is 2.84. The molecule has 0 unspecified atom stereocenters. The number of carbonyl (C=O) groups is 3. The average molecular weight is 434 g/mol. The highest BCUT2D eigenvalue weighted by atomic mass is 16.2.